The molecule has 0 aromatic heterocycles. The van der Waals surface area contributed by atoms with E-state index in [0.717, 1.165) is 31.5 Å². The number of nitrogens with one attached hydrogen (secondary N) is 1. The lowest BCUT2D eigenvalue weighted by Gasteiger charge is -2.50. The third-order valence-electron chi connectivity index (χ3n) is 7.68. The van der Waals surface area contributed by atoms with Gasteiger partial charge >= 0.3 is 0 Å². The minimum Gasteiger partial charge on any atom is -0.490 e. The van der Waals surface area contributed by atoms with Crippen molar-refractivity contribution in [1.82, 2.24) is 5.32 Å². The van der Waals surface area contributed by atoms with Crippen molar-refractivity contribution in [2.75, 3.05) is 31.3 Å². The van der Waals surface area contributed by atoms with E-state index in [-0.39, 0.29) is 66.5 Å². The smallest absolute Gasteiger partial charge is 0.189 e. The van der Waals surface area contributed by atoms with Gasteiger partial charge in [-0.1, -0.05) is 11.6 Å². The molecule has 0 radical (unpaired) electrons. The van der Waals surface area contributed by atoms with Gasteiger partial charge in [-0.15, -0.1) is 12.4 Å². The van der Waals surface area contributed by atoms with Crippen molar-refractivity contribution in [1.29, 1.82) is 0 Å². The molecule has 3 heterocycles. The van der Waals surface area contributed by atoms with Crippen LogP contribution in [0.4, 0.5) is 8.78 Å². The zero-order valence-electron chi connectivity index (χ0n) is 20.4. The Morgan fingerprint density at radius 1 is 1.05 bits per heavy atom. The molecule has 5 rings (SSSR count). The van der Waals surface area contributed by atoms with Gasteiger partial charge in [0.2, 0.25) is 0 Å². The molecule has 2 aromatic carbocycles. The number of benzene rings is 2. The first kappa shape index (κ1) is 29.5. The molecule has 0 unspecified atom stereocenters. The van der Waals surface area contributed by atoms with Gasteiger partial charge in [0.05, 0.1) is 34.7 Å². The second-order valence-corrected chi connectivity index (χ2v) is 14.7. The van der Waals surface area contributed by atoms with Crippen LogP contribution in [0.5, 0.6) is 5.75 Å². The van der Waals surface area contributed by atoms with Crippen molar-refractivity contribution in [2.45, 2.75) is 47.5 Å². The van der Waals surface area contributed by atoms with Gasteiger partial charge < -0.3 is 14.8 Å². The van der Waals surface area contributed by atoms with Crippen LogP contribution >= 0.6 is 24.0 Å². The van der Waals surface area contributed by atoms with Crippen molar-refractivity contribution in [3.8, 4) is 5.75 Å². The second kappa shape index (κ2) is 11.2. The van der Waals surface area contributed by atoms with Crippen LogP contribution in [0.25, 0.3) is 0 Å². The summed E-state index contributed by atoms with van der Waals surface area (Å²) in [6.07, 6.45) is 0.692. The third-order valence-corrected chi connectivity index (χ3v) is 12.3. The van der Waals surface area contributed by atoms with Crippen LogP contribution in [0, 0.1) is 17.6 Å². The highest BCUT2D eigenvalue weighted by molar-refractivity contribution is 7.92. The number of ether oxygens (including phenoxy) is 2. The van der Waals surface area contributed by atoms with E-state index < -0.39 is 53.8 Å². The van der Waals surface area contributed by atoms with E-state index in [9.17, 15) is 21.2 Å². The van der Waals surface area contributed by atoms with E-state index in [1.807, 2.05) is 0 Å². The van der Waals surface area contributed by atoms with E-state index in [1.54, 1.807) is 0 Å². The topological polar surface area (TPSA) is 98.8 Å². The van der Waals surface area contributed by atoms with E-state index in [2.05, 4.69) is 5.32 Å². The summed E-state index contributed by atoms with van der Waals surface area (Å²) in [6, 6.07) is 7.19. The standard InChI is InChI=1S/C25H28ClF2NO6S2.ClH/c26-16-3-5-18(6-4-16)37(32,33)25-10-12-34-22(9-13-36(30,31)15-17-2-1-11-29-17)19(25)14-35-24-21(28)8-7-20(27)23(24)25;/h3-8,17,19,22,29H,1-2,9-15H2;1H/t17-,19-,22-,25-;/m0./s1. The number of fused-ring (bicyclic) bond motifs is 3. The first-order valence-electron chi connectivity index (χ1n) is 12.2. The highest BCUT2D eigenvalue weighted by Crippen LogP contribution is 2.55. The molecule has 1 N–H and O–H groups in total. The highest BCUT2D eigenvalue weighted by atomic mass is 35.5. The molecule has 13 heteroatoms. The Labute approximate surface area is 232 Å². The minimum atomic E-state index is -4.34. The Kier molecular flexibility index (Phi) is 8.67. The van der Waals surface area contributed by atoms with Gasteiger partial charge in [0.25, 0.3) is 0 Å². The van der Waals surface area contributed by atoms with E-state index in [4.69, 9.17) is 21.1 Å². The van der Waals surface area contributed by atoms with Crippen LogP contribution in [0.1, 0.15) is 31.2 Å². The number of hydrogen-bond donors (Lipinski definition) is 1. The van der Waals surface area contributed by atoms with Crippen LogP contribution in [-0.2, 0) is 29.2 Å². The first-order chi connectivity index (χ1) is 17.5. The maximum atomic E-state index is 15.4. The normalized spacial score (nSPS) is 27.1. The largest absolute Gasteiger partial charge is 0.490 e. The number of halogens is 4. The molecule has 2 fully saturated rings. The molecular formula is C25H29Cl2F2NO6S2. The summed E-state index contributed by atoms with van der Waals surface area (Å²) in [4.78, 5) is -0.0982. The van der Waals surface area contributed by atoms with Gasteiger partial charge in [-0.2, -0.15) is 0 Å². The SMILES string of the molecule is Cl.O=S(=O)(CC[C@@H]1OCC[C@@]2(S(=O)(=O)c3ccc(Cl)cc3)c3c(F)ccc(F)c3OC[C@@H]12)C[C@@H]1CCCN1. The first-order valence-corrected chi connectivity index (χ1v) is 15.9. The Morgan fingerprint density at radius 2 is 1.76 bits per heavy atom. The quantitative estimate of drug-likeness (QED) is 0.504. The third kappa shape index (κ3) is 5.17. The van der Waals surface area contributed by atoms with Crippen molar-refractivity contribution >= 4 is 43.7 Å². The molecule has 0 spiro atoms. The molecule has 2 saturated heterocycles. The molecule has 0 bridgehead atoms. The van der Waals surface area contributed by atoms with Crippen LogP contribution in [-0.4, -0.2) is 60.2 Å². The number of sulfone groups is 2. The monoisotopic (exact) mass is 611 g/mol. The second-order valence-electron chi connectivity index (χ2n) is 9.85. The minimum absolute atomic E-state index is 0. The van der Waals surface area contributed by atoms with Gasteiger partial charge in [0, 0.05) is 23.6 Å². The molecule has 0 saturated carbocycles. The Balaban J connectivity index is 0.00000336. The highest BCUT2D eigenvalue weighted by Gasteiger charge is 2.61. The van der Waals surface area contributed by atoms with Crippen LogP contribution in [0.3, 0.4) is 0 Å². The maximum Gasteiger partial charge on any atom is 0.189 e. The molecule has 0 aliphatic carbocycles. The molecule has 4 atom stereocenters. The Hall–Kier alpha value is -1.50. The molecule has 7 nitrogen and oxygen atoms in total. The fourth-order valence-corrected chi connectivity index (χ4v) is 10.0. The number of hydrogen-bond acceptors (Lipinski definition) is 7. The molecule has 0 amide bonds. The molecule has 3 aliphatic heterocycles. The fourth-order valence-electron chi connectivity index (χ4n) is 5.92. The Bertz CT molecular complexity index is 1390. The number of rotatable bonds is 7. The summed E-state index contributed by atoms with van der Waals surface area (Å²) in [6.45, 7) is 0.431. The van der Waals surface area contributed by atoms with Crippen molar-refractivity contribution in [3.63, 3.8) is 0 Å². The van der Waals surface area contributed by atoms with Crippen molar-refractivity contribution in [2.24, 2.45) is 5.92 Å². The van der Waals surface area contributed by atoms with Crippen LogP contribution < -0.4 is 10.1 Å². The Morgan fingerprint density at radius 3 is 2.45 bits per heavy atom. The van der Waals surface area contributed by atoms with Gasteiger partial charge in [0.1, 0.15) is 10.6 Å². The summed E-state index contributed by atoms with van der Waals surface area (Å²) in [5.74, 6) is -3.41. The lowest BCUT2D eigenvalue weighted by molar-refractivity contribution is -0.0732. The van der Waals surface area contributed by atoms with Crippen LogP contribution in [0.15, 0.2) is 41.3 Å². The molecule has 3 aliphatic rings. The van der Waals surface area contributed by atoms with E-state index in [1.165, 1.54) is 24.3 Å². The van der Waals surface area contributed by atoms with Gasteiger partial charge in [0.15, 0.2) is 31.2 Å². The average Bonchev–Trinajstić information content (AvgIpc) is 3.37. The lowest BCUT2D eigenvalue weighted by Crippen LogP contribution is -2.57. The van der Waals surface area contributed by atoms with Crippen LogP contribution in [0.2, 0.25) is 5.02 Å². The summed E-state index contributed by atoms with van der Waals surface area (Å²) in [5, 5.41) is 3.49. The molecular weight excluding hydrogens is 583 g/mol. The van der Waals surface area contributed by atoms with Crippen molar-refractivity contribution in [3.05, 3.63) is 58.6 Å². The van der Waals surface area contributed by atoms with Gasteiger partial charge in [-0.3, -0.25) is 0 Å². The lowest BCUT2D eigenvalue weighted by atomic mass is 9.75. The zero-order valence-corrected chi connectivity index (χ0v) is 23.6. The summed E-state index contributed by atoms with van der Waals surface area (Å²) < 4.78 is 94.1. The summed E-state index contributed by atoms with van der Waals surface area (Å²) >= 11 is 5.97. The zero-order chi connectivity index (χ0) is 26.4. The van der Waals surface area contributed by atoms with E-state index in [0.29, 0.717) is 5.02 Å². The fraction of sp³-hybridized carbons (Fsp3) is 0.520. The molecule has 210 valence electrons. The van der Waals surface area contributed by atoms with E-state index >= 15 is 4.39 Å². The average molecular weight is 613 g/mol. The predicted molar refractivity (Wildman–Crippen MR) is 142 cm³/mol. The maximum absolute atomic E-state index is 15.4. The van der Waals surface area contributed by atoms with Crippen molar-refractivity contribution < 1.29 is 35.1 Å². The molecule has 38 heavy (non-hydrogen) atoms. The van der Waals surface area contributed by atoms with Gasteiger partial charge in [-0.25, -0.2) is 25.6 Å². The molecule has 2 aromatic rings. The summed E-state index contributed by atoms with van der Waals surface area (Å²) in [5.41, 5.74) is -0.370. The predicted octanol–water partition coefficient (Wildman–Crippen LogP) is 4.06. The summed E-state index contributed by atoms with van der Waals surface area (Å²) in [7, 11) is -7.81. The van der Waals surface area contributed by atoms with Gasteiger partial charge in [-0.05, 0) is 68.6 Å².